The van der Waals surface area contributed by atoms with Crippen LogP contribution in [0.2, 0.25) is 0 Å². The first kappa shape index (κ1) is 10.1. The predicted octanol–water partition coefficient (Wildman–Crippen LogP) is 4.01. The van der Waals surface area contributed by atoms with E-state index in [2.05, 4.69) is 12.1 Å². The Bertz CT molecular complexity index is 732. The molecule has 3 aromatic carbocycles. The summed E-state index contributed by atoms with van der Waals surface area (Å²) in [7, 11) is 0. The number of hydrogen-bond donors (Lipinski definition) is 0. The Morgan fingerprint density at radius 1 is 1.00 bits per heavy atom. The van der Waals surface area contributed by atoms with Crippen LogP contribution in [0.15, 0.2) is 30.3 Å². The molecule has 0 aliphatic rings. The Balaban J connectivity index is 2.55. The normalized spacial score (nSPS) is 11.2. The molecule has 0 saturated carbocycles. The smallest absolute Gasteiger partial charge is 0.167 e. The van der Waals surface area contributed by atoms with E-state index in [1.807, 2.05) is 0 Å². The van der Waals surface area contributed by atoms with Gasteiger partial charge in [-0.05, 0) is 35.0 Å². The summed E-state index contributed by atoms with van der Waals surface area (Å²) in [5.74, 6) is -2.79. The first-order chi connectivity index (χ1) is 8.16. The summed E-state index contributed by atoms with van der Waals surface area (Å²) >= 11 is 0. The van der Waals surface area contributed by atoms with E-state index in [4.69, 9.17) is 0 Å². The number of benzene rings is 3. The second kappa shape index (κ2) is 3.48. The van der Waals surface area contributed by atoms with E-state index in [1.54, 1.807) is 24.3 Å². The molecule has 3 rings (SSSR count). The number of hydrogen-bond acceptors (Lipinski definition) is 0. The van der Waals surface area contributed by atoms with E-state index < -0.39 is 17.5 Å². The van der Waals surface area contributed by atoms with Crippen LogP contribution in [0.5, 0.6) is 0 Å². The molecule has 0 nitrogen and oxygen atoms in total. The van der Waals surface area contributed by atoms with Gasteiger partial charge in [-0.3, -0.25) is 0 Å². The molecule has 0 aliphatic heterocycles. The minimum absolute atomic E-state index is 0.0393. The number of fused-ring (bicyclic) bond motifs is 2. The molecule has 0 amide bonds. The van der Waals surface area contributed by atoms with Crippen LogP contribution in [0, 0.1) is 29.6 Å². The minimum Gasteiger partial charge on any atom is -0.206 e. The van der Waals surface area contributed by atoms with Crippen LogP contribution < -0.4 is 0 Å². The third kappa shape index (κ3) is 1.46. The largest absolute Gasteiger partial charge is 0.206 e. The highest BCUT2D eigenvalue weighted by atomic mass is 19.2. The first-order valence-electron chi connectivity index (χ1n) is 4.96. The Morgan fingerprint density at radius 3 is 2.65 bits per heavy atom. The molecule has 3 aromatic rings. The average Bonchev–Trinajstić information content (AvgIpc) is 2.32. The van der Waals surface area contributed by atoms with Gasteiger partial charge < -0.3 is 0 Å². The third-order valence-electron chi connectivity index (χ3n) is 2.68. The van der Waals surface area contributed by atoms with Gasteiger partial charge in [-0.2, -0.15) is 0 Å². The van der Waals surface area contributed by atoms with Crippen LogP contribution in [0.25, 0.3) is 21.5 Å². The molecule has 0 aliphatic carbocycles. The van der Waals surface area contributed by atoms with Crippen molar-refractivity contribution < 1.29 is 13.2 Å². The van der Waals surface area contributed by atoms with E-state index in [9.17, 15) is 13.2 Å². The molecule has 0 aromatic heterocycles. The molecule has 0 unspecified atom stereocenters. The SMILES string of the molecule is Fc1[c]c2c(F)c3cc[c]cc3cc2cc1F. The van der Waals surface area contributed by atoms with E-state index in [1.165, 1.54) is 0 Å². The van der Waals surface area contributed by atoms with E-state index in [0.717, 1.165) is 6.07 Å². The lowest BCUT2D eigenvalue weighted by atomic mass is 10.0. The van der Waals surface area contributed by atoms with Crippen LogP contribution in [0.1, 0.15) is 0 Å². The van der Waals surface area contributed by atoms with Crippen molar-refractivity contribution in [1.29, 1.82) is 0 Å². The van der Waals surface area contributed by atoms with E-state index >= 15 is 0 Å². The van der Waals surface area contributed by atoms with Crippen molar-refractivity contribution >= 4 is 21.5 Å². The van der Waals surface area contributed by atoms with Crippen molar-refractivity contribution in [3.8, 4) is 0 Å². The molecule has 0 heterocycles. The zero-order valence-corrected chi connectivity index (χ0v) is 8.52. The summed E-state index contributed by atoms with van der Waals surface area (Å²) in [4.78, 5) is 0. The highest BCUT2D eigenvalue weighted by molar-refractivity contribution is 5.98. The van der Waals surface area contributed by atoms with Gasteiger partial charge in [0.15, 0.2) is 11.6 Å². The topological polar surface area (TPSA) is 0 Å². The van der Waals surface area contributed by atoms with Crippen LogP contribution in [-0.4, -0.2) is 0 Å². The van der Waals surface area contributed by atoms with Crippen molar-refractivity contribution in [2.45, 2.75) is 0 Å². The molecule has 0 bridgehead atoms. The molecular formula is C14H5F3. The van der Waals surface area contributed by atoms with Gasteiger partial charge in [-0.15, -0.1) is 0 Å². The van der Waals surface area contributed by atoms with Crippen molar-refractivity contribution in [3.63, 3.8) is 0 Å². The summed E-state index contributed by atoms with van der Waals surface area (Å²) in [6, 6.07) is 12.2. The van der Waals surface area contributed by atoms with Gasteiger partial charge in [-0.25, -0.2) is 13.2 Å². The molecule has 0 saturated heterocycles. The van der Waals surface area contributed by atoms with Crippen LogP contribution in [0.4, 0.5) is 13.2 Å². The maximum atomic E-state index is 14.0. The standard InChI is InChI=1S/C14H5F3/c15-12-6-9-5-8-3-1-2-4-10(8)14(17)11(9)7-13(12)16/h2-6H. The van der Waals surface area contributed by atoms with Crippen LogP contribution in [0.3, 0.4) is 0 Å². The monoisotopic (exact) mass is 230 g/mol. The van der Waals surface area contributed by atoms with E-state index in [0.29, 0.717) is 10.8 Å². The summed E-state index contributed by atoms with van der Waals surface area (Å²) in [5.41, 5.74) is 0. The first-order valence-corrected chi connectivity index (χ1v) is 4.96. The third-order valence-corrected chi connectivity index (χ3v) is 2.68. The molecule has 0 N–H and O–H groups in total. The highest BCUT2D eigenvalue weighted by Gasteiger charge is 2.11. The second-order valence-electron chi connectivity index (χ2n) is 3.73. The van der Waals surface area contributed by atoms with Gasteiger partial charge in [0.05, 0.1) is 0 Å². The molecule has 3 heteroatoms. The summed E-state index contributed by atoms with van der Waals surface area (Å²) in [5, 5.41) is 1.19. The van der Waals surface area contributed by atoms with Crippen LogP contribution >= 0.6 is 0 Å². The summed E-state index contributed by atoms with van der Waals surface area (Å²) < 4.78 is 40.1. The van der Waals surface area contributed by atoms with Crippen LogP contribution in [-0.2, 0) is 0 Å². The Hall–Kier alpha value is -2.03. The Labute approximate surface area is 95.3 Å². The quantitative estimate of drug-likeness (QED) is 0.512. The van der Waals surface area contributed by atoms with Gasteiger partial charge in [0.25, 0.3) is 0 Å². The molecule has 17 heavy (non-hydrogen) atoms. The van der Waals surface area contributed by atoms with Crippen molar-refractivity contribution in [1.82, 2.24) is 0 Å². The van der Waals surface area contributed by atoms with Gasteiger partial charge in [0.1, 0.15) is 5.82 Å². The van der Waals surface area contributed by atoms with Crippen molar-refractivity contribution in [2.24, 2.45) is 0 Å². The van der Waals surface area contributed by atoms with Gasteiger partial charge >= 0.3 is 0 Å². The summed E-state index contributed by atoms with van der Waals surface area (Å²) in [6.07, 6.45) is 0. The van der Waals surface area contributed by atoms with Gasteiger partial charge in [-0.1, -0.05) is 12.1 Å². The number of rotatable bonds is 0. The second-order valence-corrected chi connectivity index (χ2v) is 3.73. The molecular weight excluding hydrogens is 225 g/mol. The molecule has 0 fully saturated rings. The fraction of sp³-hybridized carbons (Fsp3) is 0. The maximum absolute atomic E-state index is 14.0. The van der Waals surface area contributed by atoms with Crippen molar-refractivity contribution in [2.75, 3.05) is 0 Å². The minimum atomic E-state index is -1.17. The van der Waals surface area contributed by atoms with Gasteiger partial charge in [0, 0.05) is 16.8 Å². The highest BCUT2D eigenvalue weighted by Crippen LogP contribution is 2.28. The van der Waals surface area contributed by atoms with Crippen molar-refractivity contribution in [3.05, 3.63) is 59.9 Å². The Morgan fingerprint density at radius 2 is 1.82 bits per heavy atom. The molecule has 2 radical (unpaired) electrons. The predicted molar refractivity (Wildman–Crippen MR) is 59.0 cm³/mol. The van der Waals surface area contributed by atoms with Gasteiger partial charge in [0.2, 0.25) is 0 Å². The molecule has 82 valence electrons. The lowest BCUT2D eigenvalue weighted by molar-refractivity contribution is 0.509. The number of halogens is 3. The molecule has 0 spiro atoms. The fourth-order valence-corrected chi connectivity index (χ4v) is 1.87. The maximum Gasteiger partial charge on any atom is 0.167 e. The average molecular weight is 230 g/mol. The molecule has 0 atom stereocenters. The zero-order chi connectivity index (χ0) is 12.0. The zero-order valence-electron chi connectivity index (χ0n) is 8.52. The lowest BCUT2D eigenvalue weighted by Gasteiger charge is -2.04. The lowest BCUT2D eigenvalue weighted by Crippen LogP contribution is -1.89. The summed E-state index contributed by atoms with van der Waals surface area (Å²) in [6.45, 7) is 0. The van der Waals surface area contributed by atoms with E-state index in [-0.39, 0.29) is 10.8 Å². The Kier molecular flexibility index (Phi) is 2.08. The fourth-order valence-electron chi connectivity index (χ4n) is 1.87.